The van der Waals surface area contributed by atoms with Crippen LogP contribution in [0.2, 0.25) is 0 Å². The van der Waals surface area contributed by atoms with Crippen LogP contribution in [0.3, 0.4) is 0 Å². The van der Waals surface area contributed by atoms with Crippen molar-refractivity contribution in [2.45, 2.75) is 26.2 Å². The van der Waals surface area contributed by atoms with Crippen LogP contribution in [0.25, 0.3) is 11.4 Å². The van der Waals surface area contributed by atoms with E-state index in [0.29, 0.717) is 19.4 Å². The fourth-order valence-electron chi connectivity index (χ4n) is 1.78. The molecule has 0 atom stereocenters. The van der Waals surface area contributed by atoms with Crippen molar-refractivity contribution in [3.05, 3.63) is 34.8 Å². The van der Waals surface area contributed by atoms with Gasteiger partial charge in [0, 0.05) is 24.5 Å². The van der Waals surface area contributed by atoms with E-state index in [1.807, 2.05) is 30.5 Å². The Morgan fingerprint density at radius 3 is 2.86 bits per heavy atom. The zero-order chi connectivity index (χ0) is 15.1. The van der Waals surface area contributed by atoms with E-state index in [4.69, 9.17) is 0 Å². The van der Waals surface area contributed by atoms with Crippen LogP contribution in [0.15, 0.2) is 29.8 Å². The lowest BCUT2D eigenvalue weighted by molar-refractivity contribution is 0.578. The number of hydrogen-bond acceptors (Lipinski definition) is 5. The SMILES string of the molecule is CCCCS(=O)(=O)NCCc1nc(-c2ccccn2)cs1. The Morgan fingerprint density at radius 1 is 1.29 bits per heavy atom. The van der Waals surface area contributed by atoms with Crippen LogP contribution < -0.4 is 4.72 Å². The molecule has 0 bridgehead atoms. The molecule has 2 heterocycles. The van der Waals surface area contributed by atoms with Crippen LogP contribution in [0.1, 0.15) is 24.8 Å². The summed E-state index contributed by atoms with van der Waals surface area (Å²) in [6, 6.07) is 5.69. The largest absolute Gasteiger partial charge is 0.255 e. The second-order valence-corrected chi connectivity index (χ2v) is 7.53. The Kier molecular flexibility index (Phi) is 5.84. The predicted molar refractivity (Wildman–Crippen MR) is 85.7 cm³/mol. The second kappa shape index (κ2) is 7.63. The summed E-state index contributed by atoms with van der Waals surface area (Å²) in [5.74, 6) is 0.195. The number of thiazole rings is 1. The zero-order valence-electron chi connectivity index (χ0n) is 11.9. The molecule has 5 nitrogen and oxygen atoms in total. The van der Waals surface area contributed by atoms with Gasteiger partial charge in [0.1, 0.15) is 0 Å². The summed E-state index contributed by atoms with van der Waals surface area (Å²) in [6.45, 7) is 2.37. The van der Waals surface area contributed by atoms with Gasteiger partial charge in [-0.1, -0.05) is 19.4 Å². The number of nitrogens with zero attached hydrogens (tertiary/aromatic N) is 2. The van der Waals surface area contributed by atoms with E-state index in [-0.39, 0.29) is 5.75 Å². The summed E-state index contributed by atoms with van der Waals surface area (Å²) in [6.07, 6.45) is 3.90. The molecule has 1 N–H and O–H groups in total. The van der Waals surface area contributed by atoms with Crippen LogP contribution in [0.5, 0.6) is 0 Å². The van der Waals surface area contributed by atoms with Gasteiger partial charge in [-0.05, 0) is 18.6 Å². The number of hydrogen-bond donors (Lipinski definition) is 1. The lowest BCUT2D eigenvalue weighted by Gasteiger charge is -2.04. The summed E-state index contributed by atoms with van der Waals surface area (Å²) >= 11 is 1.53. The van der Waals surface area contributed by atoms with Gasteiger partial charge in [-0.15, -0.1) is 11.3 Å². The van der Waals surface area contributed by atoms with Crippen LogP contribution in [0.4, 0.5) is 0 Å². The van der Waals surface area contributed by atoms with Crippen molar-refractivity contribution in [2.24, 2.45) is 0 Å². The van der Waals surface area contributed by atoms with Crippen LogP contribution in [-0.2, 0) is 16.4 Å². The van der Waals surface area contributed by atoms with Gasteiger partial charge in [-0.25, -0.2) is 18.1 Å². The van der Waals surface area contributed by atoms with E-state index >= 15 is 0 Å². The highest BCUT2D eigenvalue weighted by Gasteiger charge is 2.10. The van der Waals surface area contributed by atoms with Gasteiger partial charge in [-0.2, -0.15) is 0 Å². The molecule has 0 radical (unpaired) electrons. The smallest absolute Gasteiger partial charge is 0.211 e. The van der Waals surface area contributed by atoms with Crippen molar-refractivity contribution in [1.29, 1.82) is 0 Å². The normalized spacial score (nSPS) is 11.7. The summed E-state index contributed by atoms with van der Waals surface area (Å²) in [5.41, 5.74) is 1.67. The minimum Gasteiger partial charge on any atom is -0.255 e. The Balaban J connectivity index is 1.86. The third-order valence-corrected chi connectivity index (χ3v) is 5.29. The number of aromatic nitrogens is 2. The van der Waals surface area contributed by atoms with Crippen molar-refractivity contribution < 1.29 is 8.42 Å². The first-order valence-corrected chi connectivity index (χ1v) is 9.47. The van der Waals surface area contributed by atoms with E-state index in [2.05, 4.69) is 14.7 Å². The highest BCUT2D eigenvalue weighted by atomic mass is 32.2. The third-order valence-electron chi connectivity index (χ3n) is 2.91. The summed E-state index contributed by atoms with van der Waals surface area (Å²) in [5, 5.41) is 2.86. The average molecular weight is 325 g/mol. The predicted octanol–water partition coefficient (Wildman–Crippen LogP) is 2.47. The molecular weight excluding hydrogens is 306 g/mol. The topological polar surface area (TPSA) is 72.0 Å². The fourth-order valence-corrected chi connectivity index (χ4v) is 3.80. The van der Waals surface area contributed by atoms with E-state index in [1.165, 1.54) is 11.3 Å². The molecule has 0 aromatic carbocycles. The van der Waals surface area contributed by atoms with Crippen molar-refractivity contribution in [3.8, 4) is 11.4 Å². The fraction of sp³-hybridized carbons (Fsp3) is 0.429. The van der Waals surface area contributed by atoms with Gasteiger partial charge in [0.25, 0.3) is 0 Å². The van der Waals surface area contributed by atoms with Gasteiger partial charge >= 0.3 is 0 Å². The molecule has 0 saturated heterocycles. The summed E-state index contributed by atoms with van der Waals surface area (Å²) in [4.78, 5) is 8.73. The van der Waals surface area contributed by atoms with Gasteiger partial charge in [0.05, 0.1) is 22.1 Å². The molecule has 0 aliphatic heterocycles. The van der Waals surface area contributed by atoms with Gasteiger partial charge in [-0.3, -0.25) is 4.98 Å². The third kappa shape index (κ3) is 5.18. The Hall–Kier alpha value is -1.31. The molecule has 0 fully saturated rings. The standard InChI is InChI=1S/C14H19N3O2S2/c1-2-3-10-21(18,19)16-9-7-14-17-13(11-20-14)12-6-4-5-8-15-12/h4-6,8,11,16H,2-3,7,9-10H2,1H3. The van der Waals surface area contributed by atoms with Crippen LogP contribution >= 0.6 is 11.3 Å². The van der Waals surface area contributed by atoms with E-state index in [1.54, 1.807) is 6.20 Å². The molecule has 0 aliphatic carbocycles. The lowest BCUT2D eigenvalue weighted by Crippen LogP contribution is -2.28. The quantitative estimate of drug-likeness (QED) is 0.809. The number of sulfonamides is 1. The molecule has 0 unspecified atom stereocenters. The molecule has 2 aromatic rings. The monoisotopic (exact) mass is 325 g/mol. The maximum absolute atomic E-state index is 11.7. The van der Waals surface area contributed by atoms with Crippen molar-refractivity contribution in [1.82, 2.24) is 14.7 Å². The Bertz CT molecular complexity index is 654. The first kappa shape index (κ1) is 16.1. The van der Waals surface area contributed by atoms with Crippen molar-refractivity contribution in [3.63, 3.8) is 0 Å². The molecule has 21 heavy (non-hydrogen) atoms. The number of nitrogens with one attached hydrogen (secondary N) is 1. The molecule has 7 heteroatoms. The highest BCUT2D eigenvalue weighted by molar-refractivity contribution is 7.89. The van der Waals surface area contributed by atoms with Crippen LogP contribution in [-0.4, -0.2) is 30.7 Å². The van der Waals surface area contributed by atoms with E-state index in [0.717, 1.165) is 22.8 Å². The molecule has 0 aliphatic rings. The van der Waals surface area contributed by atoms with Crippen molar-refractivity contribution in [2.75, 3.05) is 12.3 Å². The van der Waals surface area contributed by atoms with E-state index < -0.39 is 10.0 Å². The molecule has 0 spiro atoms. The maximum Gasteiger partial charge on any atom is 0.211 e. The molecule has 0 saturated carbocycles. The summed E-state index contributed by atoms with van der Waals surface area (Å²) < 4.78 is 26.0. The lowest BCUT2D eigenvalue weighted by atomic mass is 10.3. The summed E-state index contributed by atoms with van der Waals surface area (Å²) in [7, 11) is -3.14. The first-order chi connectivity index (χ1) is 10.1. The Morgan fingerprint density at radius 2 is 2.14 bits per heavy atom. The molecule has 2 rings (SSSR count). The average Bonchev–Trinajstić information content (AvgIpc) is 2.95. The van der Waals surface area contributed by atoms with E-state index in [9.17, 15) is 8.42 Å². The zero-order valence-corrected chi connectivity index (χ0v) is 13.6. The number of unbranched alkanes of at least 4 members (excludes halogenated alkanes) is 1. The highest BCUT2D eigenvalue weighted by Crippen LogP contribution is 2.19. The van der Waals surface area contributed by atoms with Gasteiger partial charge in [0.2, 0.25) is 10.0 Å². The second-order valence-electron chi connectivity index (χ2n) is 4.66. The van der Waals surface area contributed by atoms with Crippen molar-refractivity contribution >= 4 is 21.4 Å². The molecule has 2 aromatic heterocycles. The Labute approximate surface area is 129 Å². The minimum absolute atomic E-state index is 0.195. The molecular formula is C14H19N3O2S2. The van der Waals surface area contributed by atoms with Gasteiger partial charge < -0.3 is 0 Å². The minimum atomic E-state index is -3.14. The number of pyridine rings is 1. The van der Waals surface area contributed by atoms with Crippen LogP contribution in [0, 0.1) is 0 Å². The maximum atomic E-state index is 11.7. The van der Waals surface area contributed by atoms with Gasteiger partial charge in [0.15, 0.2) is 0 Å². The molecule has 114 valence electrons. The number of rotatable bonds is 8. The first-order valence-electron chi connectivity index (χ1n) is 6.94. The molecule has 0 amide bonds.